The van der Waals surface area contributed by atoms with Crippen LogP contribution in [0.4, 0.5) is 0 Å². The summed E-state index contributed by atoms with van der Waals surface area (Å²) in [6.07, 6.45) is -2.19. The van der Waals surface area contributed by atoms with Gasteiger partial charge >= 0.3 is 5.97 Å². The molecule has 0 aromatic heterocycles. The Morgan fingerprint density at radius 1 is 1.35 bits per heavy atom. The second-order valence-corrected chi connectivity index (χ2v) is 6.65. The molecule has 20 heavy (non-hydrogen) atoms. The Labute approximate surface area is 120 Å². The van der Waals surface area contributed by atoms with E-state index in [9.17, 15) is 25.0 Å². The van der Waals surface area contributed by atoms with Gasteiger partial charge in [0.15, 0.2) is 0 Å². The Morgan fingerprint density at radius 3 is 2.45 bits per heavy atom. The zero-order chi connectivity index (χ0) is 15.1. The molecular formula is C8H12N2O8S2. The van der Waals surface area contributed by atoms with Crippen molar-refractivity contribution in [2.45, 2.75) is 36.7 Å². The molecule has 1 heterocycles. The van der Waals surface area contributed by atoms with Crippen LogP contribution < -0.4 is 0 Å². The van der Waals surface area contributed by atoms with Gasteiger partial charge in [-0.15, -0.1) is 20.2 Å². The van der Waals surface area contributed by atoms with Gasteiger partial charge < -0.3 is 9.94 Å². The van der Waals surface area contributed by atoms with Crippen molar-refractivity contribution in [2.24, 2.45) is 0 Å². The molecule has 1 aliphatic rings. The third-order valence-corrected chi connectivity index (χ3v) is 5.51. The number of carboxylic acid groups (broad SMARTS) is 1. The lowest BCUT2D eigenvalue weighted by atomic mass is 10.1. The topological polar surface area (TPSA) is 142 Å². The lowest BCUT2D eigenvalue weighted by Gasteiger charge is -2.21. The average molecular weight is 328 g/mol. The molecule has 0 aromatic rings. The molecule has 10 nitrogen and oxygen atoms in total. The van der Waals surface area contributed by atoms with Gasteiger partial charge in [-0.25, -0.2) is 4.79 Å². The lowest BCUT2D eigenvalue weighted by molar-refractivity contribution is -0.796. The van der Waals surface area contributed by atoms with Crippen molar-refractivity contribution < 1.29 is 29.7 Å². The molecule has 1 rings (SSSR count). The van der Waals surface area contributed by atoms with Crippen molar-refractivity contribution in [3.8, 4) is 0 Å². The molecule has 0 bridgehead atoms. The molecule has 1 N–H and O–H groups in total. The first-order valence-corrected chi connectivity index (χ1v) is 7.91. The van der Waals surface area contributed by atoms with Gasteiger partial charge in [0, 0.05) is 11.0 Å². The predicted octanol–water partition coefficient (Wildman–Crippen LogP) is 1.16. The van der Waals surface area contributed by atoms with E-state index in [-0.39, 0.29) is 11.7 Å². The Balaban J connectivity index is 2.65. The van der Waals surface area contributed by atoms with Crippen molar-refractivity contribution in [2.75, 3.05) is 5.75 Å². The van der Waals surface area contributed by atoms with E-state index in [1.807, 2.05) is 0 Å². The molecule has 0 saturated carbocycles. The van der Waals surface area contributed by atoms with Gasteiger partial charge in [-0.1, -0.05) is 21.6 Å². The molecule has 1 saturated heterocycles. The average Bonchev–Trinajstić information content (AvgIpc) is 2.83. The molecule has 0 spiro atoms. The number of hydrogen-bond donors (Lipinski definition) is 1. The highest BCUT2D eigenvalue weighted by atomic mass is 33.1. The second kappa shape index (κ2) is 7.99. The van der Waals surface area contributed by atoms with E-state index < -0.39 is 28.4 Å². The maximum Gasteiger partial charge on any atom is 0.335 e. The highest BCUT2D eigenvalue weighted by molar-refractivity contribution is 8.77. The van der Waals surface area contributed by atoms with Crippen LogP contribution in [0.2, 0.25) is 0 Å². The van der Waals surface area contributed by atoms with Crippen LogP contribution in [0.25, 0.3) is 0 Å². The smallest absolute Gasteiger partial charge is 0.335 e. The summed E-state index contributed by atoms with van der Waals surface area (Å²) in [4.78, 5) is 39.7. The van der Waals surface area contributed by atoms with Crippen molar-refractivity contribution in [1.29, 1.82) is 0 Å². The summed E-state index contributed by atoms with van der Waals surface area (Å²) in [6, 6.07) is 0. The van der Waals surface area contributed by atoms with Crippen LogP contribution in [0, 0.1) is 20.2 Å². The van der Waals surface area contributed by atoms with Gasteiger partial charge in [0.05, 0.1) is 0 Å². The Bertz CT molecular complexity index is 375. The molecular weight excluding hydrogens is 316 g/mol. The van der Waals surface area contributed by atoms with Crippen molar-refractivity contribution >= 4 is 27.6 Å². The maximum atomic E-state index is 10.9. The molecule has 0 radical (unpaired) electrons. The Kier molecular flexibility index (Phi) is 6.64. The quantitative estimate of drug-likeness (QED) is 0.372. The fraction of sp³-hybridized carbons (Fsp3) is 0.875. The Morgan fingerprint density at radius 2 is 2.00 bits per heavy atom. The first-order chi connectivity index (χ1) is 9.40. The van der Waals surface area contributed by atoms with Gasteiger partial charge in [0.1, 0.15) is 6.10 Å². The van der Waals surface area contributed by atoms with Gasteiger partial charge in [0.25, 0.3) is 10.2 Å². The molecule has 0 aromatic carbocycles. The SMILES string of the molecule is O=C(O)C(O[N+](=O)[O-])C(CCC1CCSS1)O[N+](=O)[O-]. The summed E-state index contributed by atoms with van der Waals surface area (Å²) in [6.45, 7) is 0. The van der Waals surface area contributed by atoms with Crippen molar-refractivity contribution in [3.63, 3.8) is 0 Å². The summed E-state index contributed by atoms with van der Waals surface area (Å²) in [5.74, 6) is -0.730. The number of nitrogens with zero attached hydrogens (tertiary/aromatic N) is 2. The zero-order valence-corrected chi connectivity index (χ0v) is 11.7. The standard InChI is InChI=1S/C8H12N2O8S2/c11-8(12)7(18-10(15)16)6(17-9(13)14)2-1-5-3-4-19-20-5/h5-7H,1-4H2,(H,11,12). The lowest BCUT2D eigenvalue weighted by Crippen LogP contribution is -2.41. The van der Waals surface area contributed by atoms with Crippen molar-refractivity contribution in [3.05, 3.63) is 20.2 Å². The van der Waals surface area contributed by atoms with Gasteiger partial charge in [0.2, 0.25) is 6.10 Å². The summed E-state index contributed by atoms with van der Waals surface area (Å²) >= 11 is 0. The number of carbonyl (C=O) groups is 1. The summed E-state index contributed by atoms with van der Waals surface area (Å²) < 4.78 is 0. The van der Waals surface area contributed by atoms with Gasteiger partial charge in [-0.2, -0.15) is 0 Å². The minimum Gasteiger partial charge on any atom is -0.480 e. The number of rotatable bonds is 9. The van der Waals surface area contributed by atoms with E-state index >= 15 is 0 Å². The van der Waals surface area contributed by atoms with Crippen LogP contribution in [0.3, 0.4) is 0 Å². The van der Waals surface area contributed by atoms with Crippen LogP contribution in [0.5, 0.6) is 0 Å². The second-order valence-electron chi connectivity index (χ2n) is 3.86. The van der Waals surface area contributed by atoms with E-state index in [0.717, 1.165) is 12.2 Å². The molecule has 0 amide bonds. The van der Waals surface area contributed by atoms with E-state index in [2.05, 4.69) is 9.68 Å². The first-order valence-electron chi connectivity index (χ1n) is 5.53. The Hall–Kier alpha value is -1.43. The fourth-order valence-corrected chi connectivity index (χ4v) is 4.65. The third kappa shape index (κ3) is 5.69. The van der Waals surface area contributed by atoms with E-state index in [4.69, 9.17) is 5.11 Å². The van der Waals surface area contributed by atoms with E-state index in [1.54, 1.807) is 21.6 Å². The molecule has 12 heteroatoms. The zero-order valence-electron chi connectivity index (χ0n) is 10.1. The summed E-state index contributed by atoms with van der Waals surface area (Å²) in [7, 11) is 3.27. The number of carboxylic acids is 1. The minimum atomic E-state index is -2.02. The summed E-state index contributed by atoms with van der Waals surface area (Å²) in [5, 5.41) is 27.2. The molecule has 3 atom stereocenters. The largest absolute Gasteiger partial charge is 0.480 e. The molecule has 0 aliphatic carbocycles. The number of hydrogen-bond acceptors (Lipinski definition) is 9. The molecule has 1 aliphatic heterocycles. The molecule has 3 unspecified atom stereocenters. The minimum absolute atomic E-state index is 0.00991. The highest BCUT2D eigenvalue weighted by Crippen LogP contribution is 2.40. The van der Waals surface area contributed by atoms with E-state index in [1.165, 1.54) is 0 Å². The van der Waals surface area contributed by atoms with Crippen LogP contribution in [-0.2, 0) is 14.5 Å². The maximum absolute atomic E-state index is 10.9. The third-order valence-electron chi connectivity index (χ3n) is 2.50. The van der Waals surface area contributed by atoms with Gasteiger partial charge in [-0.05, 0) is 19.3 Å². The fourth-order valence-electron chi connectivity index (χ4n) is 1.65. The monoisotopic (exact) mass is 328 g/mol. The van der Waals surface area contributed by atoms with Crippen LogP contribution in [0.1, 0.15) is 19.3 Å². The van der Waals surface area contributed by atoms with Crippen molar-refractivity contribution in [1.82, 2.24) is 0 Å². The van der Waals surface area contributed by atoms with E-state index in [0.29, 0.717) is 6.42 Å². The summed E-state index contributed by atoms with van der Waals surface area (Å²) in [5.41, 5.74) is 0. The predicted molar refractivity (Wildman–Crippen MR) is 69.1 cm³/mol. The number of aliphatic carboxylic acids is 1. The normalized spacial score (nSPS) is 20.9. The van der Waals surface area contributed by atoms with Crippen LogP contribution in [0.15, 0.2) is 0 Å². The first kappa shape index (κ1) is 16.6. The van der Waals surface area contributed by atoms with Crippen LogP contribution >= 0.6 is 21.6 Å². The van der Waals surface area contributed by atoms with Crippen LogP contribution in [-0.4, -0.2) is 44.5 Å². The molecule has 114 valence electrons. The van der Waals surface area contributed by atoms with Gasteiger partial charge in [-0.3, -0.25) is 4.84 Å². The molecule has 1 fully saturated rings. The highest BCUT2D eigenvalue weighted by Gasteiger charge is 2.35.